The highest BCUT2D eigenvalue weighted by molar-refractivity contribution is 7.09. The van der Waals surface area contributed by atoms with E-state index in [1.807, 2.05) is 48.4 Å². The molecule has 0 saturated carbocycles. The Balaban J connectivity index is 1.35. The predicted molar refractivity (Wildman–Crippen MR) is 148 cm³/mol. The summed E-state index contributed by atoms with van der Waals surface area (Å²) < 4.78 is 5.23. The zero-order valence-electron chi connectivity index (χ0n) is 21.9. The van der Waals surface area contributed by atoms with E-state index in [1.165, 1.54) is 16.9 Å². The van der Waals surface area contributed by atoms with Gasteiger partial charge in [-0.3, -0.25) is 4.79 Å². The summed E-state index contributed by atoms with van der Waals surface area (Å²) in [4.78, 5) is 34.5. The fourth-order valence-corrected chi connectivity index (χ4v) is 5.53. The average molecular weight is 521 g/mol. The van der Waals surface area contributed by atoms with Crippen molar-refractivity contribution in [3.63, 3.8) is 0 Å². The lowest BCUT2D eigenvalue weighted by Crippen LogP contribution is -2.39. The Hall–Kier alpha value is -3.23. The second kappa shape index (κ2) is 12.8. The lowest BCUT2D eigenvalue weighted by Gasteiger charge is -2.31. The van der Waals surface area contributed by atoms with E-state index in [9.17, 15) is 9.59 Å². The first-order valence-corrected chi connectivity index (χ1v) is 13.7. The van der Waals surface area contributed by atoms with Gasteiger partial charge in [-0.15, -0.1) is 11.3 Å². The fraction of sp³-hybridized carbons (Fsp3) is 0.414. The Morgan fingerprint density at radius 3 is 2.46 bits per heavy atom. The molecule has 1 N–H and O–H groups in total. The maximum atomic E-state index is 13.1. The summed E-state index contributed by atoms with van der Waals surface area (Å²) in [6, 6.07) is 16.3. The van der Waals surface area contributed by atoms with E-state index >= 15 is 0 Å². The third-order valence-corrected chi connectivity index (χ3v) is 7.77. The smallest absolute Gasteiger partial charge is 0.322 e. The summed E-state index contributed by atoms with van der Waals surface area (Å²) in [5.41, 5.74) is 4.66. The molecule has 0 atom stereocenters. The molecule has 3 aromatic rings. The molecule has 1 saturated heterocycles. The first kappa shape index (κ1) is 26.8. The number of piperidine rings is 1. The number of likely N-dealkylation sites (tertiary alicyclic amines) is 1. The molecule has 0 unspecified atom stereocenters. The van der Waals surface area contributed by atoms with Gasteiger partial charge in [-0.05, 0) is 55.7 Å². The van der Waals surface area contributed by atoms with E-state index in [4.69, 9.17) is 4.74 Å². The second-order valence-electron chi connectivity index (χ2n) is 9.66. The first-order valence-electron chi connectivity index (χ1n) is 12.8. The fourth-order valence-electron chi connectivity index (χ4n) is 4.75. The van der Waals surface area contributed by atoms with Crippen molar-refractivity contribution in [2.45, 2.75) is 39.7 Å². The Kier molecular flexibility index (Phi) is 9.30. The van der Waals surface area contributed by atoms with Gasteiger partial charge in [0.05, 0.1) is 13.2 Å². The second-order valence-corrected chi connectivity index (χ2v) is 10.6. The number of carbonyl (C=O) groups excluding carboxylic acids is 2. The normalized spacial score (nSPS) is 14.0. The van der Waals surface area contributed by atoms with Gasteiger partial charge in [0, 0.05) is 37.8 Å². The Bertz CT molecular complexity index is 1170. The van der Waals surface area contributed by atoms with Gasteiger partial charge in [-0.1, -0.05) is 48.5 Å². The lowest BCUT2D eigenvalue weighted by molar-refractivity contribution is 0.0685. The number of thiazole rings is 1. The molecule has 196 valence electrons. The van der Waals surface area contributed by atoms with E-state index in [1.54, 1.807) is 12.0 Å². The van der Waals surface area contributed by atoms with Crippen LogP contribution >= 0.6 is 11.3 Å². The van der Waals surface area contributed by atoms with Crippen LogP contribution in [-0.4, -0.2) is 60.1 Å². The number of aromatic nitrogens is 1. The van der Waals surface area contributed by atoms with Crippen molar-refractivity contribution in [1.29, 1.82) is 0 Å². The molecule has 3 amide bonds. The zero-order valence-corrected chi connectivity index (χ0v) is 22.7. The molecule has 1 aliphatic rings. The molecule has 0 bridgehead atoms. The summed E-state index contributed by atoms with van der Waals surface area (Å²) in [6.45, 7) is 6.61. The topological polar surface area (TPSA) is 74.8 Å². The number of aryl methyl sites for hydroxylation is 2. The number of benzene rings is 2. The number of hydrogen-bond acceptors (Lipinski definition) is 5. The number of nitrogens with zero attached hydrogens (tertiary/aromatic N) is 3. The molecule has 1 aliphatic heterocycles. The zero-order chi connectivity index (χ0) is 26.2. The number of methoxy groups -OCH3 is 1. The minimum Gasteiger partial charge on any atom is -0.383 e. The van der Waals surface area contributed by atoms with Crippen molar-refractivity contribution in [2.24, 2.45) is 5.92 Å². The van der Waals surface area contributed by atoms with Crippen molar-refractivity contribution in [3.8, 4) is 0 Å². The van der Waals surface area contributed by atoms with Gasteiger partial charge in [-0.2, -0.15) is 0 Å². The molecule has 2 heterocycles. The van der Waals surface area contributed by atoms with Crippen LogP contribution in [0.25, 0.3) is 0 Å². The summed E-state index contributed by atoms with van der Waals surface area (Å²) >= 11 is 1.41. The highest BCUT2D eigenvalue weighted by atomic mass is 32.1. The molecule has 0 spiro atoms. The maximum absolute atomic E-state index is 13.1. The van der Waals surface area contributed by atoms with E-state index < -0.39 is 0 Å². The van der Waals surface area contributed by atoms with E-state index in [0.717, 1.165) is 54.2 Å². The summed E-state index contributed by atoms with van der Waals surface area (Å²) in [5.74, 6) is 0.575. The van der Waals surface area contributed by atoms with Gasteiger partial charge in [0.1, 0.15) is 10.7 Å². The van der Waals surface area contributed by atoms with Crippen molar-refractivity contribution in [2.75, 3.05) is 38.7 Å². The minimum atomic E-state index is -0.210. The van der Waals surface area contributed by atoms with E-state index in [2.05, 4.69) is 34.6 Å². The Morgan fingerprint density at radius 1 is 1.08 bits per heavy atom. The molecule has 2 aromatic carbocycles. The largest absolute Gasteiger partial charge is 0.383 e. The highest BCUT2D eigenvalue weighted by Crippen LogP contribution is 2.24. The van der Waals surface area contributed by atoms with E-state index in [-0.39, 0.29) is 11.9 Å². The Morgan fingerprint density at radius 2 is 1.78 bits per heavy atom. The van der Waals surface area contributed by atoms with Crippen molar-refractivity contribution < 1.29 is 14.3 Å². The number of nitrogens with one attached hydrogen (secondary N) is 1. The number of anilines is 1. The number of amides is 3. The number of hydrogen-bond donors (Lipinski definition) is 1. The third kappa shape index (κ3) is 7.17. The lowest BCUT2D eigenvalue weighted by atomic mass is 9.90. The minimum absolute atomic E-state index is 0.0240. The standard InChI is InChI=1S/C29H36N4O3S/c1-21-8-7-9-22(2)27(21)31-29(35)33(16-17-36-3)19-26-30-25(20-37-26)28(34)32-14-12-24(13-15-32)18-23-10-5-4-6-11-23/h4-11,20,24H,12-19H2,1-3H3,(H,31,35). The first-order chi connectivity index (χ1) is 17.9. The molecular formula is C29H36N4O3S. The van der Waals surface area contributed by atoms with Crippen LogP contribution < -0.4 is 5.32 Å². The molecule has 0 aliphatic carbocycles. The molecule has 7 nitrogen and oxygen atoms in total. The van der Waals surface area contributed by atoms with Crippen molar-refractivity contribution in [1.82, 2.24) is 14.8 Å². The summed E-state index contributed by atoms with van der Waals surface area (Å²) in [6.07, 6.45) is 3.06. The molecular weight excluding hydrogens is 484 g/mol. The van der Waals surface area contributed by atoms with Crippen molar-refractivity contribution in [3.05, 3.63) is 81.3 Å². The monoisotopic (exact) mass is 520 g/mol. The maximum Gasteiger partial charge on any atom is 0.322 e. The van der Waals surface area contributed by atoms with Crippen LogP contribution in [0.4, 0.5) is 10.5 Å². The van der Waals surface area contributed by atoms with Gasteiger partial charge >= 0.3 is 6.03 Å². The van der Waals surface area contributed by atoms with Crippen LogP contribution in [0.15, 0.2) is 53.9 Å². The molecule has 37 heavy (non-hydrogen) atoms. The summed E-state index contributed by atoms with van der Waals surface area (Å²) in [7, 11) is 1.62. The number of ether oxygens (including phenoxy) is 1. The van der Waals surface area contributed by atoms with Gasteiger partial charge in [0.2, 0.25) is 0 Å². The molecule has 1 aromatic heterocycles. The van der Waals surface area contributed by atoms with Gasteiger partial charge in [0.15, 0.2) is 0 Å². The van der Waals surface area contributed by atoms with Crippen LogP contribution in [0, 0.1) is 19.8 Å². The molecule has 1 fully saturated rings. The number of para-hydroxylation sites is 1. The number of carbonyl (C=O) groups is 2. The average Bonchev–Trinajstić information content (AvgIpc) is 3.38. The third-order valence-electron chi connectivity index (χ3n) is 6.93. The SMILES string of the molecule is COCCN(Cc1nc(C(=O)N2CCC(Cc3ccccc3)CC2)cs1)C(=O)Nc1c(C)cccc1C. The van der Waals surface area contributed by atoms with Gasteiger partial charge in [-0.25, -0.2) is 9.78 Å². The van der Waals surface area contributed by atoms with E-state index in [0.29, 0.717) is 31.3 Å². The van der Waals surface area contributed by atoms with Gasteiger partial charge < -0.3 is 19.9 Å². The molecule has 8 heteroatoms. The Labute approximate surface area is 223 Å². The van der Waals surface area contributed by atoms with Crippen LogP contribution in [0.2, 0.25) is 0 Å². The van der Waals surface area contributed by atoms with Crippen LogP contribution in [0.5, 0.6) is 0 Å². The molecule has 4 rings (SSSR count). The van der Waals surface area contributed by atoms with Crippen molar-refractivity contribution >= 4 is 29.0 Å². The molecule has 0 radical (unpaired) electrons. The van der Waals surface area contributed by atoms with Gasteiger partial charge in [0.25, 0.3) is 5.91 Å². The quantitative estimate of drug-likeness (QED) is 0.402. The number of rotatable bonds is 9. The predicted octanol–water partition coefficient (Wildman–Crippen LogP) is 5.54. The number of urea groups is 1. The van der Waals surface area contributed by atoms with Crippen LogP contribution in [0.3, 0.4) is 0 Å². The highest BCUT2D eigenvalue weighted by Gasteiger charge is 2.26. The van der Waals surface area contributed by atoms with Crippen LogP contribution in [0.1, 0.15) is 45.0 Å². The van der Waals surface area contributed by atoms with Crippen LogP contribution in [-0.2, 0) is 17.7 Å². The summed E-state index contributed by atoms with van der Waals surface area (Å²) in [5, 5.41) is 5.59.